The molecule has 0 spiro atoms. The number of rotatable bonds is 5. The first kappa shape index (κ1) is 16.2. The second-order valence-corrected chi connectivity index (χ2v) is 5.29. The molecule has 3 N–H and O–H groups in total. The lowest BCUT2D eigenvalue weighted by Gasteiger charge is -2.25. The van der Waals surface area contributed by atoms with E-state index in [-0.39, 0.29) is 17.0 Å². The molecular weight excluding hydrogens is 282 g/mol. The highest BCUT2D eigenvalue weighted by Gasteiger charge is 2.34. The van der Waals surface area contributed by atoms with E-state index in [0.717, 1.165) is 11.8 Å². The van der Waals surface area contributed by atoms with Crippen LogP contribution in [-0.4, -0.2) is 38.7 Å². The third-order valence-corrected chi connectivity index (χ3v) is 3.76. The maximum absolute atomic E-state index is 12.3. The zero-order valence-corrected chi connectivity index (χ0v) is 12.6. The molecule has 8 heteroatoms. The van der Waals surface area contributed by atoms with Crippen LogP contribution in [0.5, 0.6) is 0 Å². The molecule has 110 valence electrons. The lowest BCUT2D eigenvalue weighted by atomic mass is 9.98. The third-order valence-electron chi connectivity index (χ3n) is 3.08. The van der Waals surface area contributed by atoms with Gasteiger partial charge in [0.1, 0.15) is 10.6 Å². The number of aliphatic carboxylic acids is 1. The summed E-state index contributed by atoms with van der Waals surface area (Å²) in [6, 6.07) is 0. The number of aromatic amines is 1. The van der Waals surface area contributed by atoms with Crippen molar-refractivity contribution in [2.45, 2.75) is 37.8 Å². The van der Waals surface area contributed by atoms with E-state index in [4.69, 9.17) is 0 Å². The summed E-state index contributed by atoms with van der Waals surface area (Å²) in [7, 11) is 0. The predicted octanol–water partition coefficient (Wildman–Crippen LogP) is 0.783. The first-order valence-electron chi connectivity index (χ1n) is 5.96. The van der Waals surface area contributed by atoms with E-state index in [1.54, 1.807) is 20.1 Å². The largest absolute Gasteiger partial charge is 0.480 e. The second kappa shape index (κ2) is 6.08. The molecule has 0 aliphatic rings. The summed E-state index contributed by atoms with van der Waals surface area (Å²) in [6.45, 7) is 4.67. The summed E-state index contributed by atoms with van der Waals surface area (Å²) in [5.41, 5.74) is -1.36. The Morgan fingerprint density at radius 1 is 1.50 bits per heavy atom. The van der Waals surface area contributed by atoms with Gasteiger partial charge in [-0.25, -0.2) is 9.59 Å². The number of carboxylic acids is 1. The highest BCUT2D eigenvalue weighted by Crippen LogP contribution is 2.19. The molecule has 0 radical (unpaired) electrons. The number of nitrogens with one attached hydrogen (secondary N) is 2. The normalized spacial score (nSPS) is 13.6. The Bertz CT molecular complexity index is 599. The molecule has 0 fully saturated rings. The summed E-state index contributed by atoms with van der Waals surface area (Å²) in [5.74, 6) is -1.68. The van der Waals surface area contributed by atoms with E-state index >= 15 is 0 Å². The lowest BCUT2D eigenvalue weighted by molar-refractivity contribution is -0.143. The molecule has 1 rings (SSSR count). The van der Waals surface area contributed by atoms with E-state index in [9.17, 15) is 19.5 Å². The Hall–Kier alpha value is -1.83. The number of amides is 1. The molecule has 1 heterocycles. The highest BCUT2D eigenvalue weighted by atomic mass is 32.2. The van der Waals surface area contributed by atoms with Gasteiger partial charge in [-0.15, -0.1) is 11.8 Å². The number of H-pyrrole nitrogens is 1. The molecule has 1 atom stereocenters. The van der Waals surface area contributed by atoms with Gasteiger partial charge in [0.25, 0.3) is 5.91 Å². The number of nitrogens with zero attached hydrogens (tertiary/aromatic N) is 1. The number of aromatic nitrogens is 2. The average Bonchev–Trinajstić information content (AvgIpc) is 2.36. The van der Waals surface area contributed by atoms with Crippen molar-refractivity contribution in [3.8, 4) is 0 Å². The lowest BCUT2D eigenvalue weighted by Crippen LogP contribution is -2.52. The molecule has 7 nitrogen and oxygen atoms in total. The number of aryl methyl sites for hydroxylation is 1. The van der Waals surface area contributed by atoms with Gasteiger partial charge in [0, 0.05) is 5.69 Å². The number of hydrogen-bond donors (Lipinski definition) is 3. The van der Waals surface area contributed by atoms with Gasteiger partial charge in [-0.05, 0) is 26.5 Å². The number of carbonyl (C=O) groups is 2. The molecule has 1 aromatic rings. The first-order chi connectivity index (χ1) is 9.25. The summed E-state index contributed by atoms with van der Waals surface area (Å²) < 4.78 is 0. The number of carbonyl (C=O) groups excluding carboxylic acids is 1. The fraction of sp³-hybridized carbons (Fsp3) is 0.500. The van der Waals surface area contributed by atoms with E-state index in [2.05, 4.69) is 15.3 Å². The van der Waals surface area contributed by atoms with Crippen molar-refractivity contribution >= 4 is 23.6 Å². The number of hydrogen-bond acceptors (Lipinski definition) is 5. The Morgan fingerprint density at radius 3 is 2.55 bits per heavy atom. The Balaban J connectivity index is 3.23. The van der Waals surface area contributed by atoms with Crippen molar-refractivity contribution in [2.24, 2.45) is 0 Å². The summed E-state index contributed by atoms with van der Waals surface area (Å²) in [4.78, 5) is 41.0. The van der Waals surface area contributed by atoms with Gasteiger partial charge < -0.3 is 15.4 Å². The average molecular weight is 299 g/mol. The van der Waals surface area contributed by atoms with Crippen molar-refractivity contribution in [2.75, 3.05) is 6.26 Å². The van der Waals surface area contributed by atoms with Gasteiger partial charge in [0.05, 0.1) is 5.56 Å². The van der Waals surface area contributed by atoms with Crippen LogP contribution in [0, 0.1) is 6.92 Å². The van der Waals surface area contributed by atoms with E-state index in [0.29, 0.717) is 5.69 Å². The van der Waals surface area contributed by atoms with E-state index < -0.39 is 23.1 Å². The maximum Gasteiger partial charge on any atom is 0.346 e. The fourth-order valence-corrected chi connectivity index (χ4v) is 2.20. The van der Waals surface area contributed by atoms with Crippen LogP contribution in [0.3, 0.4) is 0 Å². The summed E-state index contributed by atoms with van der Waals surface area (Å²) >= 11 is 1.15. The van der Waals surface area contributed by atoms with Gasteiger partial charge in [0.15, 0.2) is 0 Å². The molecule has 20 heavy (non-hydrogen) atoms. The smallest absolute Gasteiger partial charge is 0.346 e. The molecule has 1 aromatic heterocycles. The maximum atomic E-state index is 12.3. The van der Waals surface area contributed by atoms with Gasteiger partial charge in [-0.1, -0.05) is 6.92 Å². The van der Waals surface area contributed by atoms with Crippen molar-refractivity contribution < 1.29 is 14.7 Å². The molecule has 0 bridgehead atoms. The van der Waals surface area contributed by atoms with E-state index in [1.165, 1.54) is 6.92 Å². The monoisotopic (exact) mass is 299 g/mol. The summed E-state index contributed by atoms with van der Waals surface area (Å²) in [5, 5.41) is 11.9. The Labute approximate surface area is 120 Å². The molecule has 1 amide bonds. The van der Waals surface area contributed by atoms with Gasteiger partial charge in [-0.3, -0.25) is 4.79 Å². The second-order valence-electron chi connectivity index (χ2n) is 4.50. The molecule has 0 saturated carbocycles. The predicted molar refractivity (Wildman–Crippen MR) is 75.2 cm³/mol. The quantitative estimate of drug-likeness (QED) is 0.547. The van der Waals surface area contributed by atoms with Crippen LogP contribution < -0.4 is 11.0 Å². The van der Waals surface area contributed by atoms with Crippen molar-refractivity contribution in [1.82, 2.24) is 15.3 Å². The van der Waals surface area contributed by atoms with Crippen molar-refractivity contribution in [3.05, 3.63) is 21.7 Å². The standard InChI is InChI=1S/C12H17N3O4S/c1-5-12(3,10(17)18)15-8(16)7-6(2)13-11(19)14-9(7)20-4/h5H2,1-4H3,(H,15,16)(H,17,18)(H,13,14,19). The van der Waals surface area contributed by atoms with Crippen molar-refractivity contribution in [1.29, 1.82) is 0 Å². The zero-order chi connectivity index (χ0) is 15.5. The topological polar surface area (TPSA) is 112 Å². The first-order valence-corrected chi connectivity index (χ1v) is 7.18. The summed E-state index contributed by atoms with van der Waals surface area (Å²) in [6.07, 6.45) is 1.92. The highest BCUT2D eigenvalue weighted by molar-refractivity contribution is 7.98. The van der Waals surface area contributed by atoms with Crippen LogP contribution in [-0.2, 0) is 4.79 Å². The van der Waals surface area contributed by atoms with Gasteiger partial charge in [-0.2, -0.15) is 4.98 Å². The Kier molecular flexibility index (Phi) is 4.93. The molecule has 0 aliphatic carbocycles. The molecule has 0 aliphatic heterocycles. The number of thioether (sulfide) groups is 1. The van der Waals surface area contributed by atoms with Gasteiger partial charge in [0.2, 0.25) is 0 Å². The molecule has 0 saturated heterocycles. The Morgan fingerprint density at radius 2 is 2.10 bits per heavy atom. The van der Waals surface area contributed by atoms with Crippen LogP contribution in [0.2, 0.25) is 0 Å². The fourth-order valence-electron chi connectivity index (χ4n) is 1.58. The van der Waals surface area contributed by atoms with Crippen LogP contribution in [0.1, 0.15) is 36.3 Å². The minimum absolute atomic E-state index is 0.193. The van der Waals surface area contributed by atoms with Crippen LogP contribution in [0.4, 0.5) is 0 Å². The minimum Gasteiger partial charge on any atom is -0.480 e. The third kappa shape index (κ3) is 3.19. The van der Waals surface area contributed by atoms with Crippen LogP contribution in [0.15, 0.2) is 9.82 Å². The van der Waals surface area contributed by atoms with E-state index in [1.807, 2.05) is 0 Å². The molecule has 1 unspecified atom stereocenters. The SMILES string of the molecule is CCC(C)(NC(=O)c1c(SC)nc(=O)[nH]c1C)C(=O)O. The van der Waals surface area contributed by atoms with Crippen LogP contribution >= 0.6 is 11.8 Å². The van der Waals surface area contributed by atoms with Crippen LogP contribution in [0.25, 0.3) is 0 Å². The molecule has 0 aromatic carbocycles. The zero-order valence-electron chi connectivity index (χ0n) is 11.7. The van der Waals surface area contributed by atoms with Gasteiger partial charge >= 0.3 is 11.7 Å². The molecular formula is C12H17N3O4S. The number of carboxylic acid groups (broad SMARTS) is 1. The minimum atomic E-state index is -1.37. The van der Waals surface area contributed by atoms with Crippen molar-refractivity contribution in [3.63, 3.8) is 0 Å².